The molecule has 0 N–H and O–H groups in total. The molecule has 1 radical (unpaired) electrons. The van der Waals surface area contributed by atoms with Crippen molar-refractivity contribution in [2.24, 2.45) is 9.98 Å². The molecular weight excluding hydrogens is 228 g/mol. The molecule has 0 atom stereocenters. The first-order valence-electron chi connectivity index (χ1n) is 6.00. The van der Waals surface area contributed by atoms with Gasteiger partial charge in [-0.1, -0.05) is 6.07 Å². The number of isocyanates is 2. The van der Waals surface area contributed by atoms with Crippen molar-refractivity contribution in [2.45, 2.75) is 37.6 Å². The van der Waals surface area contributed by atoms with Crippen LogP contribution in [0, 0.1) is 6.07 Å². The van der Waals surface area contributed by atoms with E-state index in [9.17, 15) is 9.59 Å². The van der Waals surface area contributed by atoms with Gasteiger partial charge in [0.1, 0.15) is 0 Å². The standard InChI is InChI=1S/C14H13N2O2/c17-9-15-13-6-4-11(5-7-13)12-2-1-3-14(8-12)16-10-18/h1,3,8,11,13H,4-7H2. The highest BCUT2D eigenvalue weighted by molar-refractivity contribution is 5.50. The minimum absolute atomic E-state index is 0.120. The lowest BCUT2D eigenvalue weighted by atomic mass is 9.82. The molecule has 0 saturated heterocycles. The molecule has 0 bridgehead atoms. The maximum atomic E-state index is 10.2. The predicted molar refractivity (Wildman–Crippen MR) is 66.2 cm³/mol. The topological polar surface area (TPSA) is 58.9 Å². The van der Waals surface area contributed by atoms with Gasteiger partial charge in [0.05, 0.1) is 11.7 Å². The van der Waals surface area contributed by atoms with E-state index in [1.807, 2.05) is 6.07 Å². The summed E-state index contributed by atoms with van der Waals surface area (Å²) in [5.74, 6) is 0.407. The Kier molecular flexibility index (Phi) is 4.19. The Bertz CT molecular complexity index is 506. The Hall–Kier alpha value is -2.02. The minimum Gasteiger partial charge on any atom is -0.211 e. The van der Waals surface area contributed by atoms with Gasteiger partial charge in [-0.2, -0.15) is 4.99 Å². The molecule has 4 heteroatoms. The molecule has 0 aliphatic heterocycles. The van der Waals surface area contributed by atoms with Crippen LogP contribution >= 0.6 is 0 Å². The average Bonchev–Trinajstić information content (AvgIpc) is 2.41. The largest absolute Gasteiger partial charge is 0.240 e. The van der Waals surface area contributed by atoms with Crippen molar-refractivity contribution in [1.29, 1.82) is 0 Å². The molecule has 1 aromatic rings. The zero-order valence-electron chi connectivity index (χ0n) is 9.93. The van der Waals surface area contributed by atoms with Crippen LogP contribution < -0.4 is 0 Å². The number of aliphatic imine (C=N–C) groups is 2. The Morgan fingerprint density at radius 1 is 1.17 bits per heavy atom. The van der Waals surface area contributed by atoms with Gasteiger partial charge in [0.25, 0.3) is 0 Å². The third-order valence-electron chi connectivity index (χ3n) is 3.35. The highest BCUT2D eigenvalue weighted by Gasteiger charge is 2.22. The summed E-state index contributed by atoms with van der Waals surface area (Å²) < 4.78 is 0. The minimum atomic E-state index is 0.120. The molecule has 0 spiro atoms. The van der Waals surface area contributed by atoms with Crippen LogP contribution in [0.25, 0.3) is 0 Å². The lowest BCUT2D eigenvalue weighted by molar-refractivity contribution is 0.395. The van der Waals surface area contributed by atoms with Crippen LogP contribution in [0.1, 0.15) is 37.2 Å². The van der Waals surface area contributed by atoms with E-state index in [2.05, 4.69) is 16.1 Å². The molecule has 1 fully saturated rings. The van der Waals surface area contributed by atoms with E-state index in [0.29, 0.717) is 11.6 Å². The van der Waals surface area contributed by atoms with Crippen LogP contribution in [0.3, 0.4) is 0 Å². The van der Waals surface area contributed by atoms with Crippen LogP contribution in [-0.2, 0) is 9.59 Å². The van der Waals surface area contributed by atoms with Gasteiger partial charge in [0.2, 0.25) is 12.2 Å². The van der Waals surface area contributed by atoms with Crippen LogP contribution in [0.4, 0.5) is 5.69 Å². The Labute approximate surface area is 105 Å². The normalized spacial score (nSPS) is 22.7. The van der Waals surface area contributed by atoms with Crippen LogP contribution in [0.15, 0.2) is 28.2 Å². The summed E-state index contributed by atoms with van der Waals surface area (Å²) in [6.45, 7) is 0. The van der Waals surface area contributed by atoms with Gasteiger partial charge in [-0.15, -0.1) is 0 Å². The van der Waals surface area contributed by atoms with Gasteiger partial charge in [0.15, 0.2) is 0 Å². The molecule has 4 nitrogen and oxygen atoms in total. The predicted octanol–water partition coefficient (Wildman–Crippen LogP) is 2.82. The second-order valence-corrected chi connectivity index (χ2v) is 4.43. The Morgan fingerprint density at radius 2 is 1.94 bits per heavy atom. The van der Waals surface area contributed by atoms with Gasteiger partial charge in [-0.05, 0) is 55.4 Å². The highest BCUT2D eigenvalue weighted by Crippen LogP contribution is 2.34. The van der Waals surface area contributed by atoms with Gasteiger partial charge >= 0.3 is 0 Å². The first-order valence-corrected chi connectivity index (χ1v) is 6.00. The number of nitrogens with zero attached hydrogens (tertiary/aromatic N) is 2. The van der Waals surface area contributed by atoms with Crippen LogP contribution in [0.5, 0.6) is 0 Å². The van der Waals surface area contributed by atoms with E-state index in [1.165, 1.54) is 0 Å². The number of carbonyl (C=O) groups excluding carboxylic acids is 2. The van der Waals surface area contributed by atoms with E-state index in [1.54, 1.807) is 24.3 Å². The number of rotatable bonds is 3. The molecule has 2 rings (SSSR count). The number of hydrogen-bond donors (Lipinski definition) is 0. The molecule has 0 heterocycles. The summed E-state index contributed by atoms with van der Waals surface area (Å²) >= 11 is 0. The van der Waals surface area contributed by atoms with E-state index in [-0.39, 0.29) is 6.04 Å². The molecule has 0 aromatic heterocycles. The van der Waals surface area contributed by atoms with Crippen LogP contribution in [0.2, 0.25) is 0 Å². The molecule has 1 aliphatic carbocycles. The SMILES string of the molecule is O=C=Nc1cc[c]c(C2CCC(N=C=O)CC2)c1. The Morgan fingerprint density at radius 3 is 2.61 bits per heavy atom. The van der Waals surface area contributed by atoms with Crippen molar-refractivity contribution in [3.63, 3.8) is 0 Å². The maximum Gasteiger partial charge on any atom is 0.240 e. The number of hydrogen-bond acceptors (Lipinski definition) is 4. The quantitative estimate of drug-likeness (QED) is 0.603. The monoisotopic (exact) mass is 241 g/mol. The van der Waals surface area contributed by atoms with Gasteiger partial charge in [0, 0.05) is 0 Å². The number of benzene rings is 1. The molecule has 1 saturated carbocycles. The second kappa shape index (κ2) is 6.06. The summed E-state index contributed by atoms with van der Waals surface area (Å²) in [6.07, 6.45) is 6.91. The summed E-state index contributed by atoms with van der Waals surface area (Å²) in [4.78, 5) is 27.8. The van der Waals surface area contributed by atoms with Crippen molar-refractivity contribution >= 4 is 17.8 Å². The maximum absolute atomic E-state index is 10.2. The summed E-state index contributed by atoms with van der Waals surface area (Å²) in [7, 11) is 0. The summed E-state index contributed by atoms with van der Waals surface area (Å²) in [5.41, 5.74) is 1.69. The zero-order chi connectivity index (χ0) is 12.8. The Balaban J connectivity index is 2.07. The fourth-order valence-corrected chi connectivity index (χ4v) is 2.42. The first-order chi connectivity index (χ1) is 8.83. The third-order valence-corrected chi connectivity index (χ3v) is 3.35. The lowest BCUT2D eigenvalue weighted by Gasteiger charge is -2.25. The van der Waals surface area contributed by atoms with E-state index < -0.39 is 0 Å². The second-order valence-electron chi connectivity index (χ2n) is 4.43. The first kappa shape index (κ1) is 12.4. The fourth-order valence-electron chi connectivity index (χ4n) is 2.42. The van der Waals surface area contributed by atoms with Gasteiger partial charge in [-0.25, -0.2) is 14.6 Å². The fraction of sp³-hybridized carbons (Fsp3) is 0.429. The van der Waals surface area contributed by atoms with Crippen molar-refractivity contribution in [1.82, 2.24) is 0 Å². The van der Waals surface area contributed by atoms with Crippen molar-refractivity contribution in [3.8, 4) is 0 Å². The van der Waals surface area contributed by atoms with E-state index >= 15 is 0 Å². The molecule has 91 valence electrons. The molecular formula is C14H13N2O2. The zero-order valence-corrected chi connectivity index (χ0v) is 9.93. The van der Waals surface area contributed by atoms with E-state index in [0.717, 1.165) is 31.2 Å². The summed E-state index contributed by atoms with van der Waals surface area (Å²) in [5, 5.41) is 0. The smallest absolute Gasteiger partial charge is 0.211 e. The molecule has 0 amide bonds. The molecule has 0 unspecified atom stereocenters. The average molecular weight is 241 g/mol. The molecule has 18 heavy (non-hydrogen) atoms. The van der Waals surface area contributed by atoms with Crippen molar-refractivity contribution in [3.05, 3.63) is 29.8 Å². The van der Waals surface area contributed by atoms with Crippen molar-refractivity contribution in [2.75, 3.05) is 0 Å². The van der Waals surface area contributed by atoms with Gasteiger partial charge < -0.3 is 0 Å². The summed E-state index contributed by atoms with van der Waals surface area (Å²) in [6, 6.07) is 8.69. The van der Waals surface area contributed by atoms with E-state index in [4.69, 9.17) is 0 Å². The highest BCUT2D eigenvalue weighted by atomic mass is 16.1. The molecule has 1 aromatic carbocycles. The van der Waals surface area contributed by atoms with Gasteiger partial charge in [-0.3, -0.25) is 0 Å². The lowest BCUT2D eigenvalue weighted by Crippen LogP contribution is -2.15. The third kappa shape index (κ3) is 3.01. The van der Waals surface area contributed by atoms with Crippen LogP contribution in [-0.4, -0.2) is 18.2 Å². The molecule has 1 aliphatic rings. The van der Waals surface area contributed by atoms with Crippen molar-refractivity contribution < 1.29 is 9.59 Å².